The first-order valence-corrected chi connectivity index (χ1v) is 3.36. The lowest BCUT2D eigenvalue weighted by Crippen LogP contribution is -2.00. The van der Waals surface area contributed by atoms with Crippen LogP contribution in [0.25, 0.3) is 0 Å². The van der Waals surface area contributed by atoms with Gasteiger partial charge in [0, 0.05) is 18.2 Å². The van der Waals surface area contributed by atoms with Crippen LogP contribution < -0.4 is 5.73 Å². The first-order valence-electron chi connectivity index (χ1n) is 2.98. The van der Waals surface area contributed by atoms with E-state index in [1.807, 2.05) is 0 Å². The molecule has 4 heteroatoms. The highest BCUT2D eigenvalue weighted by Gasteiger charge is 2.05. The van der Waals surface area contributed by atoms with Crippen LogP contribution >= 0.6 is 11.6 Å². The average molecular weight is 178 g/mol. The summed E-state index contributed by atoms with van der Waals surface area (Å²) < 4.78 is 25.1. The molecule has 0 aromatic heterocycles. The Morgan fingerprint density at radius 1 is 1.27 bits per heavy atom. The fraction of sp³-hybridized carbons (Fsp3) is 0.143. The fourth-order valence-electron chi connectivity index (χ4n) is 0.720. The SMILES string of the molecule is NCc1cc(Cl)c(F)cc1F. The number of benzene rings is 1. The van der Waals surface area contributed by atoms with Crippen molar-refractivity contribution in [3.8, 4) is 0 Å². The molecule has 1 aromatic carbocycles. The molecule has 0 aliphatic rings. The van der Waals surface area contributed by atoms with Crippen LogP contribution in [0, 0.1) is 11.6 Å². The zero-order valence-electron chi connectivity index (χ0n) is 5.57. The van der Waals surface area contributed by atoms with Gasteiger partial charge in [0.1, 0.15) is 11.6 Å². The third-order valence-electron chi connectivity index (χ3n) is 1.31. The summed E-state index contributed by atoms with van der Waals surface area (Å²) in [6, 6.07) is 1.91. The van der Waals surface area contributed by atoms with E-state index in [0.29, 0.717) is 0 Å². The van der Waals surface area contributed by atoms with Crippen LogP contribution in [-0.4, -0.2) is 0 Å². The normalized spacial score (nSPS) is 10.2. The molecular weight excluding hydrogens is 172 g/mol. The summed E-state index contributed by atoms with van der Waals surface area (Å²) in [6.45, 7) is 0.0197. The van der Waals surface area contributed by atoms with Gasteiger partial charge in [-0.3, -0.25) is 0 Å². The Bertz CT molecular complexity index is 275. The fourth-order valence-corrected chi connectivity index (χ4v) is 0.906. The van der Waals surface area contributed by atoms with E-state index < -0.39 is 11.6 Å². The zero-order chi connectivity index (χ0) is 8.43. The largest absolute Gasteiger partial charge is 0.326 e. The van der Waals surface area contributed by atoms with Gasteiger partial charge in [-0.25, -0.2) is 8.78 Å². The summed E-state index contributed by atoms with van der Waals surface area (Å²) in [4.78, 5) is 0. The van der Waals surface area contributed by atoms with E-state index >= 15 is 0 Å². The Kier molecular flexibility index (Phi) is 2.42. The smallest absolute Gasteiger partial charge is 0.144 e. The highest BCUT2D eigenvalue weighted by atomic mass is 35.5. The summed E-state index contributed by atoms with van der Waals surface area (Å²) in [5.41, 5.74) is 5.37. The molecule has 0 aliphatic carbocycles. The maximum Gasteiger partial charge on any atom is 0.144 e. The van der Waals surface area contributed by atoms with Gasteiger partial charge in [-0.2, -0.15) is 0 Å². The van der Waals surface area contributed by atoms with Gasteiger partial charge in [0.25, 0.3) is 0 Å². The molecule has 0 bridgehead atoms. The van der Waals surface area contributed by atoms with E-state index in [-0.39, 0.29) is 17.1 Å². The molecule has 0 fully saturated rings. The minimum Gasteiger partial charge on any atom is -0.326 e. The lowest BCUT2D eigenvalue weighted by Gasteiger charge is -2.00. The summed E-state index contributed by atoms with van der Waals surface area (Å²) in [5.74, 6) is -1.42. The number of hydrogen-bond donors (Lipinski definition) is 1. The Labute approximate surface area is 67.8 Å². The summed E-state index contributed by atoms with van der Waals surface area (Å²) in [6.07, 6.45) is 0. The number of halogens is 3. The van der Waals surface area contributed by atoms with E-state index in [1.54, 1.807) is 0 Å². The highest BCUT2D eigenvalue weighted by Crippen LogP contribution is 2.18. The molecule has 1 rings (SSSR count). The first-order chi connectivity index (χ1) is 5.15. The second kappa shape index (κ2) is 3.15. The Hall–Kier alpha value is -0.670. The van der Waals surface area contributed by atoms with Crippen molar-refractivity contribution in [1.82, 2.24) is 0 Å². The molecule has 0 radical (unpaired) electrons. The molecule has 11 heavy (non-hydrogen) atoms. The molecule has 2 N–H and O–H groups in total. The van der Waals surface area contributed by atoms with Crippen molar-refractivity contribution in [3.63, 3.8) is 0 Å². The third kappa shape index (κ3) is 1.67. The molecule has 0 atom stereocenters. The number of nitrogens with two attached hydrogens (primary N) is 1. The van der Waals surface area contributed by atoms with E-state index in [2.05, 4.69) is 0 Å². The van der Waals surface area contributed by atoms with Crippen molar-refractivity contribution in [2.45, 2.75) is 6.54 Å². The second-order valence-electron chi connectivity index (χ2n) is 2.06. The highest BCUT2D eigenvalue weighted by molar-refractivity contribution is 6.30. The quantitative estimate of drug-likeness (QED) is 0.653. The van der Waals surface area contributed by atoms with Crippen LogP contribution in [0.1, 0.15) is 5.56 Å². The van der Waals surface area contributed by atoms with Crippen LogP contribution in [0.3, 0.4) is 0 Å². The van der Waals surface area contributed by atoms with Crippen molar-refractivity contribution >= 4 is 11.6 Å². The molecular formula is C7H6ClF2N. The van der Waals surface area contributed by atoms with Crippen molar-refractivity contribution in [3.05, 3.63) is 34.4 Å². The van der Waals surface area contributed by atoms with Crippen LogP contribution in [-0.2, 0) is 6.54 Å². The average Bonchev–Trinajstić information content (AvgIpc) is 1.97. The Balaban J connectivity index is 3.21. The molecule has 0 saturated heterocycles. The van der Waals surface area contributed by atoms with Gasteiger partial charge in [-0.15, -0.1) is 0 Å². The predicted molar refractivity (Wildman–Crippen MR) is 39.3 cm³/mol. The van der Waals surface area contributed by atoms with Gasteiger partial charge in [-0.05, 0) is 6.07 Å². The molecule has 1 nitrogen and oxygen atoms in total. The van der Waals surface area contributed by atoms with Gasteiger partial charge < -0.3 is 5.73 Å². The molecule has 0 unspecified atom stereocenters. The molecule has 0 spiro atoms. The molecule has 1 aromatic rings. The molecule has 0 aliphatic heterocycles. The van der Waals surface area contributed by atoms with Crippen molar-refractivity contribution in [1.29, 1.82) is 0 Å². The second-order valence-corrected chi connectivity index (χ2v) is 2.47. The maximum absolute atomic E-state index is 12.7. The van der Waals surface area contributed by atoms with Crippen molar-refractivity contribution in [2.75, 3.05) is 0 Å². The van der Waals surface area contributed by atoms with E-state index in [4.69, 9.17) is 17.3 Å². The van der Waals surface area contributed by atoms with Gasteiger partial charge in [0.05, 0.1) is 5.02 Å². The van der Waals surface area contributed by atoms with Gasteiger partial charge in [-0.1, -0.05) is 11.6 Å². The summed E-state index contributed by atoms with van der Waals surface area (Å²) >= 11 is 5.37. The molecule has 0 saturated carbocycles. The number of rotatable bonds is 1. The van der Waals surface area contributed by atoms with E-state index in [1.165, 1.54) is 6.07 Å². The molecule has 0 amide bonds. The van der Waals surface area contributed by atoms with Gasteiger partial charge >= 0.3 is 0 Å². The summed E-state index contributed by atoms with van der Waals surface area (Å²) in [7, 11) is 0. The standard InChI is InChI=1S/C7H6ClF2N/c8-5-1-4(3-11)6(9)2-7(5)10/h1-2H,3,11H2. The monoisotopic (exact) mass is 177 g/mol. The Morgan fingerprint density at radius 3 is 2.45 bits per heavy atom. The van der Waals surface area contributed by atoms with Crippen molar-refractivity contribution < 1.29 is 8.78 Å². The van der Waals surface area contributed by atoms with Crippen LogP contribution in [0.15, 0.2) is 12.1 Å². The van der Waals surface area contributed by atoms with E-state index in [9.17, 15) is 8.78 Å². The predicted octanol–water partition coefficient (Wildman–Crippen LogP) is 2.08. The van der Waals surface area contributed by atoms with Crippen molar-refractivity contribution in [2.24, 2.45) is 5.73 Å². The van der Waals surface area contributed by atoms with E-state index in [0.717, 1.165) is 6.07 Å². The summed E-state index contributed by atoms with van der Waals surface area (Å²) in [5, 5.41) is -0.105. The lowest BCUT2D eigenvalue weighted by molar-refractivity contribution is 0.573. The molecule has 60 valence electrons. The first kappa shape index (κ1) is 8.43. The maximum atomic E-state index is 12.7. The van der Waals surface area contributed by atoms with Crippen LogP contribution in [0.5, 0.6) is 0 Å². The van der Waals surface area contributed by atoms with Gasteiger partial charge in [0.15, 0.2) is 0 Å². The minimum atomic E-state index is -0.763. The van der Waals surface area contributed by atoms with Gasteiger partial charge in [0.2, 0.25) is 0 Å². The number of hydrogen-bond acceptors (Lipinski definition) is 1. The zero-order valence-corrected chi connectivity index (χ0v) is 6.33. The third-order valence-corrected chi connectivity index (χ3v) is 1.60. The Morgan fingerprint density at radius 2 is 1.91 bits per heavy atom. The topological polar surface area (TPSA) is 26.0 Å². The van der Waals surface area contributed by atoms with Crippen LogP contribution in [0.2, 0.25) is 5.02 Å². The minimum absolute atomic E-state index is 0.0197. The van der Waals surface area contributed by atoms with Crippen LogP contribution in [0.4, 0.5) is 8.78 Å². The molecule has 0 heterocycles. The lowest BCUT2D eigenvalue weighted by atomic mass is 10.2.